The maximum absolute atomic E-state index is 12.3. The Bertz CT molecular complexity index is 838. The summed E-state index contributed by atoms with van der Waals surface area (Å²) in [7, 11) is 0. The number of hydrazine groups is 1. The van der Waals surface area contributed by atoms with E-state index in [-0.39, 0.29) is 11.8 Å². The van der Waals surface area contributed by atoms with Gasteiger partial charge in [0, 0.05) is 28.1 Å². The van der Waals surface area contributed by atoms with Gasteiger partial charge in [-0.15, -0.1) is 11.3 Å². The first kappa shape index (κ1) is 19.8. The Hall–Kier alpha value is -2.93. The summed E-state index contributed by atoms with van der Waals surface area (Å²) < 4.78 is 0. The molecule has 1 fully saturated rings. The van der Waals surface area contributed by atoms with Crippen molar-refractivity contribution in [2.24, 2.45) is 5.92 Å². The van der Waals surface area contributed by atoms with Crippen molar-refractivity contribution in [2.75, 3.05) is 5.32 Å². The fraction of sp³-hybridized carbons (Fsp3) is 0.286. The van der Waals surface area contributed by atoms with E-state index in [4.69, 9.17) is 0 Å². The molecule has 1 saturated carbocycles. The summed E-state index contributed by atoms with van der Waals surface area (Å²) >= 11 is 1.52. The summed E-state index contributed by atoms with van der Waals surface area (Å²) in [5, 5.41) is 4.83. The predicted octanol–water partition coefficient (Wildman–Crippen LogP) is 3.74. The highest BCUT2D eigenvalue weighted by Crippen LogP contribution is 2.25. The van der Waals surface area contributed by atoms with Gasteiger partial charge in [-0.25, -0.2) is 0 Å². The lowest BCUT2D eigenvalue weighted by Gasteiger charge is -2.20. The van der Waals surface area contributed by atoms with Crippen LogP contribution in [0.15, 0.2) is 47.9 Å². The number of nitrogens with one attached hydrogen (secondary N) is 3. The Balaban J connectivity index is 1.46. The number of anilines is 1. The molecule has 0 radical (unpaired) electrons. The molecular formula is C21H23N3O3S. The fourth-order valence-corrected chi connectivity index (χ4v) is 3.71. The van der Waals surface area contributed by atoms with Gasteiger partial charge in [-0.3, -0.25) is 25.2 Å². The van der Waals surface area contributed by atoms with Gasteiger partial charge in [0.15, 0.2) is 0 Å². The summed E-state index contributed by atoms with van der Waals surface area (Å²) in [6.45, 7) is 0. The molecule has 0 saturated heterocycles. The molecule has 1 aromatic heterocycles. The second-order valence-corrected chi connectivity index (χ2v) is 7.67. The number of hydrogen-bond donors (Lipinski definition) is 3. The molecule has 1 aromatic carbocycles. The van der Waals surface area contributed by atoms with Gasteiger partial charge in [-0.05, 0) is 54.6 Å². The molecule has 3 amide bonds. The van der Waals surface area contributed by atoms with E-state index in [0.29, 0.717) is 11.3 Å². The smallest absolute Gasteiger partial charge is 0.269 e. The monoisotopic (exact) mass is 397 g/mol. The largest absolute Gasteiger partial charge is 0.326 e. The van der Waals surface area contributed by atoms with Gasteiger partial charge < -0.3 is 5.32 Å². The van der Waals surface area contributed by atoms with Crippen LogP contribution in [0.5, 0.6) is 0 Å². The minimum Gasteiger partial charge on any atom is -0.326 e. The third kappa shape index (κ3) is 5.79. The highest BCUT2D eigenvalue weighted by Gasteiger charge is 2.21. The molecule has 1 heterocycles. The molecule has 6 nitrogen and oxygen atoms in total. The summed E-state index contributed by atoms with van der Waals surface area (Å²) in [5.41, 5.74) is 5.76. The Labute approximate surface area is 168 Å². The quantitative estimate of drug-likeness (QED) is 0.530. The number of hydrogen-bond acceptors (Lipinski definition) is 4. The van der Waals surface area contributed by atoms with Crippen molar-refractivity contribution in [3.63, 3.8) is 0 Å². The number of carbonyl (C=O) groups is 3. The van der Waals surface area contributed by atoms with Crippen molar-refractivity contribution < 1.29 is 14.4 Å². The van der Waals surface area contributed by atoms with Crippen LogP contribution in [-0.4, -0.2) is 17.7 Å². The van der Waals surface area contributed by atoms with Crippen LogP contribution in [-0.2, 0) is 9.59 Å². The molecule has 0 atom stereocenters. The molecule has 3 N–H and O–H groups in total. The standard InChI is InChI=1S/C21H23N3O3S/c25-19(13-12-18-7-4-14-28-18)23-24-21(27)16-8-10-17(11-9-16)22-20(26)15-5-2-1-3-6-15/h4,7-15H,1-3,5-6H2,(H,22,26)(H,23,25)(H,24,27)/b13-12+. The van der Waals surface area contributed by atoms with E-state index in [1.807, 2.05) is 17.5 Å². The van der Waals surface area contributed by atoms with Crippen molar-refractivity contribution >= 4 is 40.8 Å². The Morgan fingerprint density at radius 1 is 0.964 bits per heavy atom. The van der Waals surface area contributed by atoms with Crippen molar-refractivity contribution in [3.8, 4) is 0 Å². The maximum atomic E-state index is 12.3. The zero-order valence-corrected chi connectivity index (χ0v) is 16.3. The van der Waals surface area contributed by atoms with Crippen LogP contribution >= 0.6 is 11.3 Å². The van der Waals surface area contributed by atoms with Gasteiger partial charge in [0.2, 0.25) is 5.91 Å². The number of thiophene rings is 1. The average molecular weight is 398 g/mol. The van der Waals surface area contributed by atoms with Crippen molar-refractivity contribution in [2.45, 2.75) is 32.1 Å². The number of rotatable bonds is 5. The van der Waals surface area contributed by atoms with Crippen LogP contribution in [0, 0.1) is 5.92 Å². The highest BCUT2D eigenvalue weighted by molar-refractivity contribution is 7.10. The predicted molar refractivity (Wildman–Crippen MR) is 111 cm³/mol. The second kappa shape index (κ2) is 9.85. The van der Waals surface area contributed by atoms with Crippen LogP contribution in [0.25, 0.3) is 6.08 Å². The second-order valence-electron chi connectivity index (χ2n) is 6.69. The van der Waals surface area contributed by atoms with Crippen LogP contribution in [0.3, 0.4) is 0 Å². The summed E-state index contributed by atoms with van der Waals surface area (Å²) in [4.78, 5) is 37.1. The fourth-order valence-electron chi connectivity index (χ4n) is 3.09. The molecule has 0 unspecified atom stereocenters. The first-order chi connectivity index (χ1) is 13.6. The summed E-state index contributed by atoms with van der Waals surface area (Å²) in [6, 6.07) is 10.4. The van der Waals surface area contributed by atoms with E-state index in [9.17, 15) is 14.4 Å². The van der Waals surface area contributed by atoms with Gasteiger partial charge in [0.05, 0.1) is 0 Å². The number of amides is 3. The van der Waals surface area contributed by atoms with E-state index >= 15 is 0 Å². The van der Waals surface area contributed by atoms with Crippen LogP contribution in [0.4, 0.5) is 5.69 Å². The lowest BCUT2D eigenvalue weighted by atomic mass is 9.88. The average Bonchev–Trinajstić information content (AvgIpc) is 3.25. The zero-order valence-electron chi connectivity index (χ0n) is 15.4. The minimum absolute atomic E-state index is 0.0432. The third-order valence-corrected chi connectivity index (χ3v) is 5.47. The zero-order chi connectivity index (χ0) is 19.8. The molecule has 3 rings (SSSR count). The molecule has 0 spiro atoms. The van der Waals surface area contributed by atoms with E-state index in [2.05, 4.69) is 16.2 Å². The Morgan fingerprint density at radius 2 is 1.71 bits per heavy atom. The molecule has 0 bridgehead atoms. The maximum Gasteiger partial charge on any atom is 0.269 e. The molecule has 0 aliphatic heterocycles. The Morgan fingerprint density at radius 3 is 2.39 bits per heavy atom. The van der Waals surface area contributed by atoms with E-state index in [1.165, 1.54) is 23.8 Å². The summed E-state index contributed by atoms with van der Waals surface area (Å²) in [5.74, 6) is -0.725. The van der Waals surface area contributed by atoms with Gasteiger partial charge in [-0.2, -0.15) is 0 Å². The first-order valence-electron chi connectivity index (χ1n) is 9.34. The lowest BCUT2D eigenvalue weighted by Crippen LogP contribution is -2.40. The van der Waals surface area contributed by atoms with Gasteiger partial charge in [0.25, 0.3) is 11.8 Å². The number of benzene rings is 1. The van der Waals surface area contributed by atoms with E-state index in [0.717, 1.165) is 30.6 Å². The van der Waals surface area contributed by atoms with Crippen LogP contribution < -0.4 is 16.2 Å². The van der Waals surface area contributed by atoms with Crippen molar-refractivity contribution in [1.29, 1.82) is 0 Å². The van der Waals surface area contributed by atoms with Crippen molar-refractivity contribution in [1.82, 2.24) is 10.9 Å². The number of carbonyl (C=O) groups excluding carboxylic acids is 3. The van der Waals surface area contributed by atoms with Crippen molar-refractivity contribution in [3.05, 3.63) is 58.3 Å². The molecule has 146 valence electrons. The van der Waals surface area contributed by atoms with Gasteiger partial charge in [-0.1, -0.05) is 25.3 Å². The summed E-state index contributed by atoms with van der Waals surface area (Å²) in [6.07, 6.45) is 8.32. The molecule has 2 aromatic rings. The molecular weight excluding hydrogens is 374 g/mol. The van der Waals surface area contributed by atoms with Crippen LogP contribution in [0.2, 0.25) is 0 Å². The lowest BCUT2D eigenvalue weighted by molar-refractivity contribution is -0.120. The first-order valence-corrected chi connectivity index (χ1v) is 10.2. The minimum atomic E-state index is -0.428. The normalized spacial score (nSPS) is 14.6. The molecule has 1 aliphatic carbocycles. The van der Waals surface area contributed by atoms with E-state index < -0.39 is 11.8 Å². The van der Waals surface area contributed by atoms with Gasteiger partial charge >= 0.3 is 0 Å². The van der Waals surface area contributed by atoms with Crippen LogP contribution in [0.1, 0.15) is 47.3 Å². The van der Waals surface area contributed by atoms with Gasteiger partial charge in [0.1, 0.15) is 0 Å². The Kier molecular flexibility index (Phi) is 6.97. The topological polar surface area (TPSA) is 87.3 Å². The molecule has 28 heavy (non-hydrogen) atoms. The third-order valence-electron chi connectivity index (χ3n) is 4.63. The highest BCUT2D eigenvalue weighted by atomic mass is 32.1. The molecule has 7 heteroatoms. The SMILES string of the molecule is O=C(/C=C/c1cccs1)NNC(=O)c1ccc(NC(=O)C2CCCCC2)cc1. The van der Waals surface area contributed by atoms with E-state index in [1.54, 1.807) is 30.3 Å². The molecule has 1 aliphatic rings.